The van der Waals surface area contributed by atoms with Gasteiger partial charge in [0.05, 0.1) is 11.3 Å². The Hall–Kier alpha value is -2.88. The highest BCUT2D eigenvalue weighted by Crippen LogP contribution is 2.15. The SMILES string of the molecule is CCNC(=O)c1ccccc1NC(=O)C=Cc1ccccc1. The van der Waals surface area contributed by atoms with Gasteiger partial charge in [-0.1, -0.05) is 42.5 Å². The smallest absolute Gasteiger partial charge is 0.253 e. The summed E-state index contributed by atoms with van der Waals surface area (Å²) in [4.78, 5) is 23.9. The average molecular weight is 294 g/mol. The van der Waals surface area contributed by atoms with Gasteiger partial charge in [-0.15, -0.1) is 0 Å². The van der Waals surface area contributed by atoms with Gasteiger partial charge in [0.25, 0.3) is 5.91 Å². The lowest BCUT2D eigenvalue weighted by Crippen LogP contribution is -2.24. The second-order valence-electron chi connectivity index (χ2n) is 4.64. The highest BCUT2D eigenvalue weighted by atomic mass is 16.2. The first-order chi connectivity index (χ1) is 10.7. The Morgan fingerprint density at radius 3 is 2.41 bits per heavy atom. The molecular formula is C18H18N2O2. The number of para-hydroxylation sites is 1. The minimum absolute atomic E-state index is 0.203. The topological polar surface area (TPSA) is 58.2 Å². The van der Waals surface area contributed by atoms with Gasteiger partial charge in [0.2, 0.25) is 5.91 Å². The Balaban J connectivity index is 2.09. The van der Waals surface area contributed by atoms with E-state index in [1.54, 1.807) is 30.3 Å². The molecule has 0 unspecified atom stereocenters. The largest absolute Gasteiger partial charge is 0.352 e. The third-order valence-corrected chi connectivity index (χ3v) is 2.99. The normalized spacial score (nSPS) is 10.4. The molecule has 0 heterocycles. The Bertz CT molecular complexity index is 678. The molecule has 2 N–H and O–H groups in total. The predicted molar refractivity (Wildman–Crippen MR) is 88.6 cm³/mol. The first-order valence-electron chi connectivity index (χ1n) is 7.12. The summed E-state index contributed by atoms with van der Waals surface area (Å²) in [5.41, 5.74) is 1.89. The van der Waals surface area contributed by atoms with Gasteiger partial charge in [0.1, 0.15) is 0 Å². The van der Waals surface area contributed by atoms with Crippen molar-refractivity contribution in [3.05, 3.63) is 71.8 Å². The van der Waals surface area contributed by atoms with Crippen LogP contribution in [0.4, 0.5) is 5.69 Å². The minimum Gasteiger partial charge on any atom is -0.352 e. The number of rotatable bonds is 5. The molecule has 0 radical (unpaired) electrons. The Morgan fingerprint density at radius 1 is 1.00 bits per heavy atom. The molecule has 0 spiro atoms. The molecule has 112 valence electrons. The number of benzene rings is 2. The molecule has 0 aliphatic heterocycles. The monoisotopic (exact) mass is 294 g/mol. The molecule has 2 amide bonds. The Morgan fingerprint density at radius 2 is 1.68 bits per heavy atom. The lowest BCUT2D eigenvalue weighted by Gasteiger charge is -2.09. The van der Waals surface area contributed by atoms with Crippen molar-refractivity contribution in [1.29, 1.82) is 0 Å². The molecule has 2 aromatic carbocycles. The molecule has 0 saturated heterocycles. The molecule has 0 fully saturated rings. The van der Waals surface area contributed by atoms with E-state index >= 15 is 0 Å². The van der Waals surface area contributed by atoms with Crippen LogP contribution in [0, 0.1) is 0 Å². The van der Waals surface area contributed by atoms with Crippen molar-refractivity contribution in [3.63, 3.8) is 0 Å². The number of amides is 2. The molecule has 0 atom stereocenters. The lowest BCUT2D eigenvalue weighted by molar-refractivity contribution is -0.111. The van der Waals surface area contributed by atoms with Gasteiger partial charge >= 0.3 is 0 Å². The number of hydrogen-bond acceptors (Lipinski definition) is 2. The highest BCUT2D eigenvalue weighted by molar-refractivity contribution is 6.07. The first-order valence-corrected chi connectivity index (χ1v) is 7.12. The molecule has 0 saturated carbocycles. The Labute approximate surface area is 129 Å². The van der Waals surface area contributed by atoms with Gasteiger partial charge in [0, 0.05) is 12.6 Å². The maximum Gasteiger partial charge on any atom is 0.253 e. The zero-order valence-corrected chi connectivity index (χ0v) is 12.4. The van der Waals surface area contributed by atoms with E-state index in [-0.39, 0.29) is 11.8 Å². The molecule has 4 heteroatoms. The van der Waals surface area contributed by atoms with Gasteiger partial charge in [-0.3, -0.25) is 9.59 Å². The summed E-state index contributed by atoms with van der Waals surface area (Å²) in [6, 6.07) is 16.5. The van der Waals surface area contributed by atoms with Crippen LogP contribution in [0.1, 0.15) is 22.8 Å². The summed E-state index contributed by atoms with van der Waals surface area (Å²) in [6.45, 7) is 2.39. The van der Waals surface area contributed by atoms with Crippen molar-refractivity contribution < 1.29 is 9.59 Å². The van der Waals surface area contributed by atoms with Crippen LogP contribution in [-0.4, -0.2) is 18.4 Å². The highest BCUT2D eigenvalue weighted by Gasteiger charge is 2.10. The van der Waals surface area contributed by atoms with Crippen LogP contribution in [0.5, 0.6) is 0 Å². The van der Waals surface area contributed by atoms with Crippen molar-refractivity contribution in [2.24, 2.45) is 0 Å². The standard InChI is InChI=1S/C18H18N2O2/c1-2-19-18(22)15-10-6-7-11-16(15)20-17(21)13-12-14-8-4-3-5-9-14/h3-13H,2H2,1H3,(H,19,22)(H,20,21). The molecule has 0 aromatic heterocycles. The number of carbonyl (C=O) groups is 2. The third kappa shape index (κ3) is 4.31. The van der Waals surface area contributed by atoms with Crippen molar-refractivity contribution in [2.45, 2.75) is 6.92 Å². The fraction of sp³-hybridized carbons (Fsp3) is 0.111. The fourth-order valence-corrected chi connectivity index (χ4v) is 1.96. The summed E-state index contributed by atoms with van der Waals surface area (Å²) in [5.74, 6) is -0.481. The van der Waals surface area contributed by atoms with Crippen LogP contribution in [0.3, 0.4) is 0 Å². The number of anilines is 1. The fourth-order valence-electron chi connectivity index (χ4n) is 1.96. The van der Waals surface area contributed by atoms with E-state index < -0.39 is 0 Å². The molecule has 0 bridgehead atoms. The van der Waals surface area contributed by atoms with E-state index in [4.69, 9.17) is 0 Å². The molecule has 22 heavy (non-hydrogen) atoms. The van der Waals surface area contributed by atoms with Gasteiger partial charge in [-0.25, -0.2) is 0 Å². The number of carbonyl (C=O) groups excluding carboxylic acids is 2. The minimum atomic E-state index is -0.277. The molecule has 4 nitrogen and oxygen atoms in total. The molecule has 2 rings (SSSR count). The average Bonchev–Trinajstić information content (AvgIpc) is 2.54. The van der Waals surface area contributed by atoms with Gasteiger partial charge in [0.15, 0.2) is 0 Å². The second kappa shape index (κ2) is 7.78. The van der Waals surface area contributed by atoms with E-state index in [1.807, 2.05) is 37.3 Å². The van der Waals surface area contributed by atoms with Crippen molar-refractivity contribution in [3.8, 4) is 0 Å². The van der Waals surface area contributed by atoms with Gasteiger partial charge < -0.3 is 10.6 Å². The van der Waals surface area contributed by atoms with Crippen LogP contribution in [0.2, 0.25) is 0 Å². The lowest BCUT2D eigenvalue weighted by atomic mass is 10.1. The number of nitrogens with one attached hydrogen (secondary N) is 2. The van der Waals surface area contributed by atoms with E-state index in [0.717, 1.165) is 5.56 Å². The van der Waals surface area contributed by atoms with E-state index in [9.17, 15) is 9.59 Å². The zero-order chi connectivity index (χ0) is 15.8. The number of hydrogen-bond donors (Lipinski definition) is 2. The van der Waals surface area contributed by atoms with Crippen LogP contribution in [-0.2, 0) is 4.79 Å². The summed E-state index contributed by atoms with van der Waals surface area (Å²) < 4.78 is 0. The summed E-state index contributed by atoms with van der Waals surface area (Å²) in [6.07, 6.45) is 3.17. The predicted octanol–water partition coefficient (Wildman–Crippen LogP) is 3.09. The van der Waals surface area contributed by atoms with Gasteiger partial charge in [-0.2, -0.15) is 0 Å². The van der Waals surface area contributed by atoms with Gasteiger partial charge in [-0.05, 0) is 30.7 Å². The van der Waals surface area contributed by atoms with E-state index in [2.05, 4.69) is 10.6 Å². The summed E-state index contributed by atoms with van der Waals surface area (Å²) in [5, 5.41) is 5.46. The van der Waals surface area contributed by atoms with Crippen LogP contribution in [0.15, 0.2) is 60.7 Å². The third-order valence-electron chi connectivity index (χ3n) is 2.99. The van der Waals surface area contributed by atoms with E-state index in [0.29, 0.717) is 17.8 Å². The Kier molecular flexibility index (Phi) is 5.49. The first kappa shape index (κ1) is 15.5. The summed E-state index contributed by atoms with van der Waals surface area (Å²) in [7, 11) is 0. The van der Waals surface area contributed by atoms with Crippen molar-refractivity contribution >= 4 is 23.6 Å². The molecule has 0 aliphatic rings. The van der Waals surface area contributed by atoms with Crippen LogP contribution >= 0.6 is 0 Å². The maximum atomic E-state index is 12.0. The molecule has 0 aliphatic carbocycles. The second-order valence-corrected chi connectivity index (χ2v) is 4.64. The zero-order valence-electron chi connectivity index (χ0n) is 12.4. The van der Waals surface area contributed by atoms with E-state index in [1.165, 1.54) is 6.08 Å². The van der Waals surface area contributed by atoms with Crippen molar-refractivity contribution in [2.75, 3.05) is 11.9 Å². The van der Waals surface area contributed by atoms with Crippen molar-refractivity contribution in [1.82, 2.24) is 5.32 Å². The maximum absolute atomic E-state index is 12.0. The summed E-state index contributed by atoms with van der Waals surface area (Å²) >= 11 is 0. The van der Waals surface area contributed by atoms with Crippen LogP contribution in [0.25, 0.3) is 6.08 Å². The quantitative estimate of drug-likeness (QED) is 0.833. The van der Waals surface area contributed by atoms with Crippen LogP contribution < -0.4 is 10.6 Å². The molecule has 2 aromatic rings. The molecular weight excluding hydrogens is 276 g/mol.